The van der Waals surface area contributed by atoms with Crippen molar-refractivity contribution in [2.75, 3.05) is 47.4 Å². The van der Waals surface area contributed by atoms with Crippen LogP contribution in [0.1, 0.15) is 102 Å². The van der Waals surface area contributed by atoms with Crippen molar-refractivity contribution in [2.45, 2.75) is 97.9 Å². The molecule has 0 radical (unpaired) electrons. The third kappa shape index (κ3) is 11.8. The molecule has 1 fully saturated rings. The van der Waals surface area contributed by atoms with Gasteiger partial charge < -0.3 is 14.4 Å². The molecule has 3 rings (SSSR count). The lowest BCUT2D eigenvalue weighted by molar-refractivity contribution is 0.0702. The van der Waals surface area contributed by atoms with E-state index < -0.39 is 0 Å². The number of likely N-dealkylation sites (tertiary alicyclic amines) is 1. The molecule has 1 saturated heterocycles. The van der Waals surface area contributed by atoms with E-state index in [0.717, 1.165) is 30.9 Å². The van der Waals surface area contributed by atoms with Gasteiger partial charge in [-0.3, -0.25) is 14.7 Å². The van der Waals surface area contributed by atoms with Crippen molar-refractivity contribution in [3.63, 3.8) is 0 Å². The van der Waals surface area contributed by atoms with Gasteiger partial charge in [0.2, 0.25) is 0 Å². The fourth-order valence-electron chi connectivity index (χ4n) is 5.46. The van der Waals surface area contributed by atoms with E-state index in [0.29, 0.717) is 42.6 Å². The number of allylic oxidation sites excluding steroid dienone is 4. The van der Waals surface area contributed by atoms with Crippen molar-refractivity contribution in [1.29, 1.82) is 0 Å². The predicted molar refractivity (Wildman–Crippen MR) is 178 cm³/mol. The number of likely N-dealkylation sites (N-methyl/N-ethyl adjacent to an activating group) is 2. The van der Waals surface area contributed by atoms with Crippen LogP contribution in [-0.2, 0) is 0 Å². The second-order valence-corrected chi connectivity index (χ2v) is 11.1. The normalized spacial score (nSPS) is 17.0. The molecule has 0 N–H and O–H groups in total. The third-order valence-electron chi connectivity index (χ3n) is 8.02. The number of rotatable bonds is 15. The average Bonchev–Trinajstić information content (AvgIpc) is 3.30. The fraction of sp³-hybridized carbons (Fsp3) is 0.629. The first-order valence-corrected chi connectivity index (χ1v) is 16.4. The molecule has 0 bridgehead atoms. The Morgan fingerprint density at radius 2 is 1.72 bits per heavy atom. The molecular weight excluding hydrogens is 538 g/mol. The number of unbranched alkanes of at least 4 members (excludes halogenated alkanes) is 5. The smallest absolute Gasteiger partial charge is 0.258 e. The van der Waals surface area contributed by atoms with Crippen LogP contribution < -0.4 is 9.47 Å². The van der Waals surface area contributed by atoms with Gasteiger partial charge in [-0.2, -0.15) is 5.11 Å². The Morgan fingerprint density at radius 3 is 2.35 bits per heavy atom. The monoisotopic (exact) mass is 595 g/mol. The number of carbonyl (C=O) groups excluding carboxylic acids is 1. The number of methoxy groups -OCH3 is 2. The van der Waals surface area contributed by atoms with Crippen LogP contribution >= 0.6 is 0 Å². The highest BCUT2D eigenvalue weighted by Crippen LogP contribution is 2.30. The van der Waals surface area contributed by atoms with Crippen LogP contribution in [0, 0.1) is 0 Å². The Hall–Kier alpha value is -3.13. The minimum absolute atomic E-state index is 0.0388. The molecule has 1 amide bonds. The highest BCUT2D eigenvalue weighted by atomic mass is 16.5. The van der Waals surface area contributed by atoms with Crippen LogP contribution in [0.2, 0.25) is 0 Å². The van der Waals surface area contributed by atoms with Crippen molar-refractivity contribution >= 4 is 5.91 Å². The molecule has 0 unspecified atom stereocenters. The summed E-state index contributed by atoms with van der Waals surface area (Å²) in [4.78, 5) is 18.4. The second kappa shape index (κ2) is 20.7. The van der Waals surface area contributed by atoms with E-state index >= 15 is 0 Å². The van der Waals surface area contributed by atoms with Gasteiger partial charge in [0.05, 0.1) is 26.5 Å². The van der Waals surface area contributed by atoms with Crippen LogP contribution in [0.4, 0.5) is 0 Å². The summed E-state index contributed by atoms with van der Waals surface area (Å²) < 4.78 is 10.8. The lowest BCUT2D eigenvalue weighted by Crippen LogP contribution is -2.47. The zero-order chi connectivity index (χ0) is 31.5. The molecule has 1 heterocycles. The van der Waals surface area contributed by atoms with Gasteiger partial charge in [0.1, 0.15) is 0 Å². The maximum Gasteiger partial charge on any atom is 0.258 e. The van der Waals surface area contributed by atoms with Gasteiger partial charge >= 0.3 is 0 Å². The van der Waals surface area contributed by atoms with E-state index in [1.165, 1.54) is 51.4 Å². The number of carbonyl (C=O) groups is 1. The van der Waals surface area contributed by atoms with E-state index in [1.807, 2.05) is 43.2 Å². The van der Waals surface area contributed by atoms with Crippen molar-refractivity contribution in [2.24, 2.45) is 10.3 Å². The van der Waals surface area contributed by atoms with Crippen molar-refractivity contribution in [1.82, 2.24) is 14.8 Å². The molecule has 0 aromatic heterocycles. The van der Waals surface area contributed by atoms with Gasteiger partial charge in [-0.1, -0.05) is 83.1 Å². The van der Waals surface area contributed by atoms with Gasteiger partial charge in [-0.25, -0.2) is 0 Å². The van der Waals surface area contributed by atoms with E-state index in [-0.39, 0.29) is 5.91 Å². The number of hydrogen-bond donors (Lipinski definition) is 0. The Morgan fingerprint density at radius 1 is 1.00 bits per heavy atom. The summed E-state index contributed by atoms with van der Waals surface area (Å²) in [5, 5.41) is 10.1. The molecule has 1 aliphatic carbocycles. The summed E-state index contributed by atoms with van der Waals surface area (Å²) in [5.41, 5.74) is 2.48. The van der Waals surface area contributed by atoms with Gasteiger partial charge in [0, 0.05) is 37.3 Å². The highest BCUT2D eigenvalue weighted by molar-refractivity contribution is 5.96. The molecule has 1 aromatic carbocycles. The molecular formula is C35H57N5O3. The molecule has 0 saturated carbocycles. The largest absolute Gasteiger partial charge is 0.493 e. The molecule has 240 valence electrons. The third-order valence-corrected chi connectivity index (χ3v) is 8.02. The molecule has 43 heavy (non-hydrogen) atoms. The van der Waals surface area contributed by atoms with Gasteiger partial charge in [-0.05, 0) is 63.2 Å². The SMILES string of the molecule is CCCCCCCC.CCN=NN(C)C1=CCC(N(C[C@@H]2CCCCN2CC)C(=O)c2ccc(OC)c(OC)c2)=CC=C1. The minimum atomic E-state index is -0.0388. The number of piperidine rings is 1. The maximum absolute atomic E-state index is 13.9. The summed E-state index contributed by atoms with van der Waals surface area (Å²) in [6.45, 7) is 12.0. The first-order valence-electron chi connectivity index (χ1n) is 16.4. The first-order chi connectivity index (χ1) is 20.9. The topological polar surface area (TPSA) is 70.0 Å². The Balaban J connectivity index is 0.000000708. The highest BCUT2D eigenvalue weighted by Gasteiger charge is 2.28. The predicted octanol–water partition coefficient (Wildman–Crippen LogP) is 8.43. The van der Waals surface area contributed by atoms with Gasteiger partial charge in [0.15, 0.2) is 11.5 Å². The number of amides is 1. The van der Waals surface area contributed by atoms with Crippen LogP contribution in [0.25, 0.3) is 0 Å². The van der Waals surface area contributed by atoms with Crippen molar-refractivity contribution in [3.8, 4) is 11.5 Å². The van der Waals surface area contributed by atoms with E-state index in [4.69, 9.17) is 9.47 Å². The fourth-order valence-corrected chi connectivity index (χ4v) is 5.46. The first kappa shape index (κ1) is 36.1. The number of nitrogens with zero attached hydrogens (tertiary/aromatic N) is 5. The van der Waals surface area contributed by atoms with E-state index in [2.05, 4.69) is 42.1 Å². The van der Waals surface area contributed by atoms with Crippen molar-refractivity contribution < 1.29 is 14.3 Å². The molecule has 8 nitrogen and oxygen atoms in total. The van der Waals surface area contributed by atoms with Gasteiger partial charge in [0.25, 0.3) is 5.91 Å². The maximum atomic E-state index is 13.9. The quantitative estimate of drug-likeness (QED) is 0.116. The summed E-state index contributed by atoms with van der Waals surface area (Å²) in [7, 11) is 5.06. The summed E-state index contributed by atoms with van der Waals surface area (Å²) in [6.07, 6.45) is 20.7. The lowest BCUT2D eigenvalue weighted by atomic mass is 10.0. The summed E-state index contributed by atoms with van der Waals surface area (Å²) in [5.74, 6) is 1.11. The summed E-state index contributed by atoms with van der Waals surface area (Å²) >= 11 is 0. The van der Waals surface area contributed by atoms with E-state index in [9.17, 15) is 4.79 Å². The van der Waals surface area contributed by atoms with Crippen LogP contribution in [0.3, 0.4) is 0 Å². The standard InChI is InChI=1S/C27H39N5O3.C8H18/c1-6-28-29-30(3)22-12-10-13-23(16-15-22)32(20-24-11-8-9-18-31(24)7-2)27(33)21-14-17-25(34-4)26(19-21)35-5;1-3-5-7-8-6-4-2/h10,12-15,17,19,24H,6-9,11,16,18,20H2,1-5H3;3-8H2,1-2H3/t24-;/m0./s1. The van der Waals surface area contributed by atoms with Crippen molar-refractivity contribution in [3.05, 3.63) is 59.5 Å². The number of hydrogen-bond acceptors (Lipinski definition) is 6. The molecule has 0 spiro atoms. The Kier molecular flexibility index (Phi) is 17.4. The zero-order valence-electron chi connectivity index (χ0n) is 28.0. The molecule has 2 aliphatic rings. The van der Waals surface area contributed by atoms with E-state index in [1.54, 1.807) is 31.4 Å². The number of ether oxygens (including phenoxy) is 2. The summed E-state index contributed by atoms with van der Waals surface area (Å²) in [6, 6.07) is 5.69. The molecule has 1 aliphatic heterocycles. The average molecular weight is 596 g/mol. The molecule has 1 atom stereocenters. The Bertz CT molecular complexity index is 1080. The molecule has 8 heteroatoms. The molecule has 1 aromatic rings. The van der Waals surface area contributed by atoms with Crippen LogP contribution in [0.5, 0.6) is 11.5 Å². The lowest BCUT2D eigenvalue weighted by Gasteiger charge is -2.38. The zero-order valence-corrected chi connectivity index (χ0v) is 28.0. The number of benzene rings is 1. The van der Waals surface area contributed by atoms with Crippen LogP contribution in [0.15, 0.2) is 64.2 Å². The van der Waals surface area contributed by atoms with Gasteiger partial charge in [-0.15, -0.1) is 0 Å². The Labute approximate surface area is 261 Å². The second-order valence-electron chi connectivity index (χ2n) is 11.1. The minimum Gasteiger partial charge on any atom is -0.493 e. The van der Waals surface area contributed by atoms with Crippen LogP contribution in [-0.4, -0.2) is 74.2 Å².